The van der Waals surface area contributed by atoms with Gasteiger partial charge in [0.2, 0.25) is 5.76 Å². The molecule has 0 aliphatic heterocycles. The van der Waals surface area contributed by atoms with Gasteiger partial charge in [-0.2, -0.15) is 0 Å². The van der Waals surface area contributed by atoms with Crippen molar-refractivity contribution in [2.75, 3.05) is 12.4 Å². The Balaban J connectivity index is 1.75. The average molecular weight is 319 g/mol. The number of ether oxygens (including phenoxy) is 1. The van der Waals surface area contributed by atoms with Crippen LogP contribution in [0, 0.1) is 11.6 Å². The first-order chi connectivity index (χ1) is 11.1. The number of methoxy groups -OCH3 is 1. The van der Waals surface area contributed by atoms with Crippen molar-refractivity contribution in [2.45, 2.75) is 6.54 Å². The number of fused-ring (bicyclic) bond motifs is 1. The summed E-state index contributed by atoms with van der Waals surface area (Å²) in [6.07, 6.45) is 1.39. The fraction of sp³-hybridized carbons (Fsp3) is 0.133. The maximum absolute atomic E-state index is 13.2. The number of esters is 1. The van der Waals surface area contributed by atoms with E-state index in [-0.39, 0.29) is 23.3 Å². The van der Waals surface area contributed by atoms with Crippen LogP contribution in [0.3, 0.4) is 0 Å². The van der Waals surface area contributed by atoms with E-state index in [9.17, 15) is 13.6 Å². The SMILES string of the molecule is COC(=O)c1ccc(CNc2cnc3cc(F)c(F)cc3n2)o1. The molecule has 8 heteroatoms. The second-order valence-corrected chi connectivity index (χ2v) is 4.62. The fourth-order valence-corrected chi connectivity index (χ4v) is 1.95. The van der Waals surface area contributed by atoms with Gasteiger partial charge in [0, 0.05) is 12.1 Å². The predicted molar refractivity (Wildman–Crippen MR) is 76.8 cm³/mol. The molecule has 0 fully saturated rings. The predicted octanol–water partition coefficient (Wildman–Crippen LogP) is 2.90. The molecule has 0 saturated heterocycles. The number of anilines is 1. The minimum absolute atomic E-state index is 0.0893. The van der Waals surface area contributed by atoms with E-state index < -0.39 is 17.6 Å². The first kappa shape index (κ1) is 14.9. The van der Waals surface area contributed by atoms with Crippen molar-refractivity contribution >= 4 is 22.8 Å². The number of benzene rings is 1. The fourth-order valence-electron chi connectivity index (χ4n) is 1.95. The van der Waals surface area contributed by atoms with E-state index in [4.69, 9.17) is 4.42 Å². The molecule has 0 spiro atoms. The van der Waals surface area contributed by atoms with E-state index in [2.05, 4.69) is 20.0 Å². The minimum Gasteiger partial charge on any atom is -0.463 e. The van der Waals surface area contributed by atoms with E-state index in [0.29, 0.717) is 11.6 Å². The summed E-state index contributed by atoms with van der Waals surface area (Å²) in [5.74, 6) is -1.60. The highest BCUT2D eigenvalue weighted by molar-refractivity contribution is 5.86. The van der Waals surface area contributed by atoms with Gasteiger partial charge in [0.1, 0.15) is 11.6 Å². The third kappa shape index (κ3) is 3.10. The average Bonchev–Trinajstić information content (AvgIpc) is 3.02. The zero-order chi connectivity index (χ0) is 16.4. The van der Waals surface area contributed by atoms with Crippen LogP contribution in [0.5, 0.6) is 0 Å². The third-order valence-corrected chi connectivity index (χ3v) is 3.08. The van der Waals surface area contributed by atoms with Crippen LogP contribution in [-0.2, 0) is 11.3 Å². The lowest BCUT2D eigenvalue weighted by Gasteiger charge is -2.05. The molecule has 3 aromatic rings. The van der Waals surface area contributed by atoms with Crippen molar-refractivity contribution in [3.8, 4) is 0 Å². The molecule has 6 nitrogen and oxygen atoms in total. The van der Waals surface area contributed by atoms with Crippen LogP contribution in [-0.4, -0.2) is 23.0 Å². The maximum atomic E-state index is 13.2. The molecule has 0 aliphatic rings. The first-order valence-corrected chi connectivity index (χ1v) is 6.59. The Hall–Kier alpha value is -3.03. The quantitative estimate of drug-likeness (QED) is 0.745. The largest absolute Gasteiger partial charge is 0.463 e. The van der Waals surface area contributed by atoms with Crippen molar-refractivity contribution in [3.05, 3.63) is 53.6 Å². The van der Waals surface area contributed by atoms with Crippen LogP contribution in [0.1, 0.15) is 16.3 Å². The van der Waals surface area contributed by atoms with Gasteiger partial charge in [0.25, 0.3) is 0 Å². The number of halogens is 2. The van der Waals surface area contributed by atoms with Gasteiger partial charge >= 0.3 is 5.97 Å². The Morgan fingerprint density at radius 1 is 1.26 bits per heavy atom. The molecule has 0 unspecified atom stereocenters. The summed E-state index contributed by atoms with van der Waals surface area (Å²) < 4.78 is 36.2. The molecule has 3 rings (SSSR count). The summed E-state index contributed by atoms with van der Waals surface area (Å²) >= 11 is 0. The van der Waals surface area contributed by atoms with Gasteiger partial charge in [-0.05, 0) is 12.1 Å². The highest BCUT2D eigenvalue weighted by Crippen LogP contribution is 2.17. The van der Waals surface area contributed by atoms with E-state index >= 15 is 0 Å². The van der Waals surface area contributed by atoms with Crippen molar-refractivity contribution in [1.29, 1.82) is 0 Å². The van der Waals surface area contributed by atoms with Crippen molar-refractivity contribution in [2.24, 2.45) is 0 Å². The lowest BCUT2D eigenvalue weighted by Crippen LogP contribution is -2.02. The standard InChI is InChI=1S/C15H11F2N3O3/c1-22-15(21)13-3-2-8(23-13)6-19-14-7-18-11-4-9(16)10(17)5-12(11)20-14/h2-5,7H,6H2,1H3,(H,19,20). The number of aromatic nitrogens is 2. The van der Waals surface area contributed by atoms with Crippen LogP contribution in [0.25, 0.3) is 11.0 Å². The number of hydrogen-bond acceptors (Lipinski definition) is 6. The monoisotopic (exact) mass is 319 g/mol. The van der Waals surface area contributed by atoms with E-state index in [1.54, 1.807) is 6.07 Å². The number of hydrogen-bond donors (Lipinski definition) is 1. The van der Waals surface area contributed by atoms with Gasteiger partial charge in [-0.1, -0.05) is 0 Å². The second kappa shape index (κ2) is 5.99. The molecule has 118 valence electrons. The molecule has 0 amide bonds. The molecule has 23 heavy (non-hydrogen) atoms. The molecule has 0 bridgehead atoms. The molecule has 2 aromatic heterocycles. The summed E-state index contributed by atoms with van der Waals surface area (Å²) in [6.45, 7) is 0.237. The Bertz CT molecular complexity index is 880. The number of rotatable bonds is 4. The molecular weight excluding hydrogens is 308 g/mol. The zero-order valence-corrected chi connectivity index (χ0v) is 12.0. The molecule has 1 N–H and O–H groups in total. The molecule has 0 saturated carbocycles. The van der Waals surface area contributed by atoms with Gasteiger partial charge in [-0.15, -0.1) is 0 Å². The highest BCUT2D eigenvalue weighted by atomic mass is 19.2. The molecule has 2 heterocycles. The van der Waals surface area contributed by atoms with Crippen molar-refractivity contribution in [3.63, 3.8) is 0 Å². The van der Waals surface area contributed by atoms with Gasteiger partial charge in [-0.25, -0.2) is 18.6 Å². The van der Waals surface area contributed by atoms with Crippen molar-refractivity contribution < 1.29 is 22.7 Å². The smallest absolute Gasteiger partial charge is 0.373 e. The number of nitrogens with one attached hydrogen (secondary N) is 1. The lowest BCUT2D eigenvalue weighted by atomic mass is 10.3. The Morgan fingerprint density at radius 2 is 2.00 bits per heavy atom. The van der Waals surface area contributed by atoms with Gasteiger partial charge in [0.05, 0.1) is 30.9 Å². The van der Waals surface area contributed by atoms with E-state index in [0.717, 1.165) is 12.1 Å². The summed E-state index contributed by atoms with van der Waals surface area (Å²) in [5, 5.41) is 2.92. The third-order valence-electron chi connectivity index (χ3n) is 3.08. The topological polar surface area (TPSA) is 77.2 Å². The van der Waals surface area contributed by atoms with Crippen LogP contribution < -0.4 is 5.32 Å². The highest BCUT2D eigenvalue weighted by Gasteiger charge is 2.11. The number of carbonyl (C=O) groups is 1. The van der Waals surface area contributed by atoms with Gasteiger partial charge < -0.3 is 14.5 Å². The summed E-state index contributed by atoms with van der Waals surface area (Å²) in [6, 6.07) is 5.07. The molecule has 1 aromatic carbocycles. The molecule has 0 atom stereocenters. The van der Waals surface area contributed by atoms with Crippen molar-refractivity contribution in [1.82, 2.24) is 9.97 Å². The number of nitrogens with zero attached hydrogens (tertiary/aromatic N) is 2. The first-order valence-electron chi connectivity index (χ1n) is 6.59. The van der Waals surface area contributed by atoms with Crippen LogP contribution in [0.2, 0.25) is 0 Å². The second-order valence-electron chi connectivity index (χ2n) is 4.62. The summed E-state index contributed by atoms with van der Waals surface area (Å²) in [5.41, 5.74) is 0.476. The van der Waals surface area contributed by atoms with E-state index in [1.165, 1.54) is 19.4 Å². The van der Waals surface area contributed by atoms with E-state index in [1.807, 2.05) is 0 Å². The number of carbonyl (C=O) groups excluding carboxylic acids is 1. The minimum atomic E-state index is -0.988. The molecular formula is C15H11F2N3O3. The molecule has 0 aliphatic carbocycles. The van der Waals surface area contributed by atoms with Crippen LogP contribution in [0.15, 0.2) is 34.9 Å². The van der Waals surface area contributed by atoms with Crippen LogP contribution in [0.4, 0.5) is 14.6 Å². The summed E-state index contributed by atoms with van der Waals surface area (Å²) in [7, 11) is 1.26. The normalized spacial score (nSPS) is 10.7. The Labute approximate surface area is 129 Å². The Morgan fingerprint density at radius 3 is 2.74 bits per heavy atom. The van der Waals surface area contributed by atoms with Crippen LogP contribution >= 0.6 is 0 Å². The maximum Gasteiger partial charge on any atom is 0.373 e. The van der Waals surface area contributed by atoms with Gasteiger partial charge in [0.15, 0.2) is 11.6 Å². The summed E-state index contributed by atoms with van der Waals surface area (Å²) in [4.78, 5) is 19.4. The Kier molecular flexibility index (Phi) is 3.88. The number of furan rings is 1. The lowest BCUT2D eigenvalue weighted by molar-refractivity contribution is 0.0563. The van der Waals surface area contributed by atoms with Gasteiger partial charge in [-0.3, -0.25) is 4.98 Å². The zero-order valence-electron chi connectivity index (χ0n) is 12.0. The molecule has 0 radical (unpaired) electrons.